The van der Waals surface area contributed by atoms with E-state index in [1.54, 1.807) is 0 Å². The Morgan fingerprint density at radius 2 is 1.28 bits per heavy atom. The van der Waals surface area contributed by atoms with E-state index in [9.17, 15) is 60.1 Å². The van der Waals surface area contributed by atoms with Gasteiger partial charge in [0.25, 0.3) is 0 Å². The highest BCUT2D eigenvalue weighted by Crippen LogP contribution is 2.35. The van der Waals surface area contributed by atoms with Gasteiger partial charge in [-0.2, -0.15) is 25.3 Å². The maximum Gasteiger partial charge on any atom is 0.397 e. The molecule has 0 aromatic carbocycles. The number of carbonyl (C=O) groups is 1. The van der Waals surface area contributed by atoms with Gasteiger partial charge in [0.15, 0.2) is 12.4 Å². The highest BCUT2D eigenvalue weighted by Gasteiger charge is 2.51. The molecule has 0 aromatic heterocycles. The predicted molar refractivity (Wildman–Crippen MR) is 143 cm³/mol. The van der Waals surface area contributed by atoms with E-state index in [0.29, 0.717) is 0 Å². The number of hydrogen-bond donors (Lipinski definition) is 8. The number of rotatable bonds is 14. The minimum atomic E-state index is -5.40. The molecular weight excluding hydrogens is 716 g/mol. The van der Waals surface area contributed by atoms with Gasteiger partial charge in [0.1, 0.15) is 30.5 Å². The maximum absolute atomic E-state index is 11.5. The molecule has 274 valence electrons. The molecule has 2 fully saturated rings. The van der Waals surface area contributed by atoms with Crippen LogP contribution in [-0.2, 0) is 72.2 Å². The van der Waals surface area contributed by atoms with Gasteiger partial charge in [0, 0.05) is 11.8 Å². The monoisotopic (exact) mass is 750 g/mol. The number of carboxylic acid groups (broad SMARTS) is 1. The predicted octanol–water partition coefficient (Wildman–Crippen LogP) is -4.25. The van der Waals surface area contributed by atoms with Gasteiger partial charge in [0.2, 0.25) is 12.0 Å². The molecule has 13 atom stereocenters. The van der Waals surface area contributed by atoms with Crippen molar-refractivity contribution in [2.75, 3.05) is 19.8 Å². The van der Waals surface area contributed by atoms with Gasteiger partial charge in [-0.05, 0) is 19.9 Å². The van der Waals surface area contributed by atoms with Gasteiger partial charge >= 0.3 is 37.2 Å². The number of hydrogen-bond acceptors (Lipinski definition) is 19. The SMILES string of the molecule is CC1OC(COS(=O)(=O)O)C(O)C(COC2OC(C)C(OS(=O)(=O)O)C(O)C2OS(=O)(=O)O)C1COC1OC(C(=O)O)=CC(O)C1O. The fourth-order valence-corrected chi connectivity index (χ4v) is 6.41. The molecule has 3 aliphatic heterocycles. The molecule has 26 heteroatoms. The Hall–Kier alpha value is -1.70. The molecule has 0 spiro atoms. The number of aliphatic hydroxyl groups is 4. The Balaban J connectivity index is 1.87. The minimum Gasteiger partial charge on any atom is -0.475 e. The van der Waals surface area contributed by atoms with Crippen LogP contribution in [0.2, 0.25) is 0 Å². The highest BCUT2D eigenvalue weighted by molar-refractivity contribution is 7.81. The van der Waals surface area contributed by atoms with E-state index < -0.39 is 142 Å². The second kappa shape index (κ2) is 15.5. The first-order chi connectivity index (χ1) is 21.5. The third-order valence-electron chi connectivity index (χ3n) is 7.27. The van der Waals surface area contributed by atoms with Gasteiger partial charge in [0.05, 0.1) is 38.1 Å². The first kappa shape index (κ1) is 39.7. The average Bonchev–Trinajstić information content (AvgIpc) is 2.92. The average molecular weight is 751 g/mol. The second-order valence-electron chi connectivity index (χ2n) is 10.6. The Bertz CT molecular complexity index is 1450. The van der Waals surface area contributed by atoms with Crippen LogP contribution in [0.1, 0.15) is 13.8 Å². The zero-order chi connectivity index (χ0) is 35.6. The minimum absolute atomic E-state index is 0.556. The van der Waals surface area contributed by atoms with Crippen LogP contribution in [-0.4, -0.2) is 158 Å². The highest BCUT2D eigenvalue weighted by atomic mass is 32.3. The molecule has 0 radical (unpaired) electrons. The normalized spacial score (nSPS) is 38.7. The van der Waals surface area contributed by atoms with Crippen LogP contribution in [0, 0.1) is 11.8 Å². The summed E-state index contributed by atoms with van der Waals surface area (Å²) < 4.78 is 135. The van der Waals surface area contributed by atoms with Crippen molar-refractivity contribution in [2.45, 2.75) is 81.4 Å². The van der Waals surface area contributed by atoms with E-state index in [1.165, 1.54) is 6.92 Å². The zero-order valence-electron chi connectivity index (χ0n) is 24.1. The lowest BCUT2D eigenvalue weighted by Gasteiger charge is -2.46. The fourth-order valence-electron chi connectivity index (χ4n) is 5.07. The van der Waals surface area contributed by atoms with Crippen LogP contribution in [0.25, 0.3) is 0 Å². The molecule has 3 aliphatic rings. The summed E-state index contributed by atoms with van der Waals surface area (Å²) in [6, 6.07) is 0. The fraction of sp³-hybridized carbons (Fsp3) is 0.857. The van der Waals surface area contributed by atoms with Crippen LogP contribution in [0.15, 0.2) is 11.8 Å². The Labute approximate surface area is 267 Å². The lowest BCUT2D eigenvalue weighted by molar-refractivity contribution is -0.296. The van der Waals surface area contributed by atoms with Crippen molar-refractivity contribution in [3.63, 3.8) is 0 Å². The molecule has 3 rings (SSSR count). The molecule has 8 N–H and O–H groups in total. The molecule has 0 aromatic rings. The smallest absolute Gasteiger partial charge is 0.397 e. The van der Waals surface area contributed by atoms with Crippen molar-refractivity contribution >= 4 is 37.2 Å². The van der Waals surface area contributed by atoms with Crippen molar-refractivity contribution in [1.29, 1.82) is 0 Å². The molecule has 0 bridgehead atoms. The van der Waals surface area contributed by atoms with E-state index in [1.807, 2.05) is 0 Å². The molecule has 2 saturated heterocycles. The summed E-state index contributed by atoms with van der Waals surface area (Å²) in [6.07, 6.45) is -18.8. The van der Waals surface area contributed by atoms with Gasteiger partial charge in [-0.25, -0.2) is 17.3 Å². The Morgan fingerprint density at radius 3 is 1.83 bits per heavy atom. The van der Waals surface area contributed by atoms with Crippen molar-refractivity contribution in [2.24, 2.45) is 11.8 Å². The standard InChI is InChI=1S/C21H34O23S3/c1-7-9(4-37-20-15(24)11(22)3-12(42-20)19(26)27)10(14(23)13(40-7)6-39-45(28,29)30)5-38-21-18(44-47(34,35)36)16(25)17(8(2)41-21)43-46(31,32)33/h3,7-11,13-18,20-25H,4-6H2,1-2H3,(H,26,27)(H,28,29,30)(H,31,32,33)(H,34,35,36). The Morgan fingerprint density at radius 1 is 0.723 bits per heavy atom. The first-order valence-electron chi connectivity index (χ1n) is 13.3. The lowest BCUT2D eigenvalue weighted by Crippen LogP contribution is -2.61. The third kappa shape index (κ3) is 11.2. The van der Waals surface area contributed by atoms with Crippen molar-refractivity contribution in [3.8, 4) is 0 Å². The zero-order valence-corrected chi connectivity index (χ0v) is 26.6. The number of aliphatic hydroxyl groups excluding tert-OH is 4. The number of aliphatic carboxylic acids is 1. The molecule has 0 saturated carbocycles. The molecule has 13 unspecified atom stereocenters. The van der Waals surface area contributed by atoms with E-state index >= 15 is 0 Å². The van der Waals surface area contributed by atoms with Crippen LogP contribution < -0.4 is 0 Å². The topological polar surface area (TPSA) is 355 Å². The largest absolute Gasteiger partial charge is 0.475 e. The Kier molecular flexibility index (Phi) is 13.1. The van der Waals surface area contributed by atoms with Gasteiger partial charge in [-0.1, -0.05) is 0 Å². The summed E-state index contributed by atoms with van der Waals surface area (Å²) in [5.74, 6) is -4.69. The summed E-state index contributed by atoms with van der Waals surface area (Å²) in [5.41, 5.74) is 0. The molecule has 3 heterocycles. The summed E-state index contributed by atoms with van der Waals surface area (Å²) >= 11 is 0. The van der Waals surface area contributed by atoms with E-state index in [2.05, 4.69) is 12.5 Å². The molecule has 47 heavy (non-hydrogen) atoms. The van der Waals surface area contributed by atoms with Crippen LogP contribution in [0.3, 0.4) is 0 Å². The quantitative estimate of drug-likeness (QED) is 0.0779. The summed E-state index contributed by atoms with van der Waals surface area (Å²) in [5, 5.41) is 51.2. The van der Waals surface area contributed by atoms with Crippen molar-refractivity contribution < 1.29 is 105 Å². The molecule has 0 amide bonds. The summed E-state index contributed by atoms with van der Waals surface area (Å²) in [6.45, 7) is 0.290. The summed E-state index contributed by atoms with van der Waals surface area (Å²) in [4.78, 5) is 11.3. The van der Waals surface area contributed by atoms with E-state index in [-0.39, 0.29) is 0 Å². The second-order valence-corrected chi connectivity index (χ2v) is 13.7. The van der Waals surface area contributed by atoms with Gasteiger partial charge in [-0.3, -0.25) is 13.7 Å². The molecule has 0 aliphatic carbocycles. The van der Waals surface area contributed by atoms with Crippen molar-refractivity contribution in [3.05, 3.63) is 11.8 Å². The van der Waals surface area contributed by atoms with Crippen molar-refractivity contribution in [1.82, 2.24) is 0 Å². The van der Waals surface area contributed by atoms with Crippen LogP contribution in [0.5, 0.6) is 0 Å². The third-order valence-corrected chi connectivity index (χ3v) is 8.64. The molecular formula is C21H34O23S3. The van der Waals surface area contributed by atoms with E-state index in [0.717, 1.165) is 13.0 Å². The van der Waals surface area contributed by atoms with Gasteiger partial charge in [-0.15, -0.1) is 0 Å². The number of carboxylic acids is 1. The lowest BCUT2D eigenvalue weighted by atomic mass is 9.80. The van der Waals surface area contributed by atoms with Crippen LogP contribution in [0.4, 0.5) is 0 Å². The van der Waals surface area contributed by atoms with Gasteiger partial charge < -0.3 is 49.2 Å². The number of ether oxygens (including phenoxy) is 5. The summed E-state index contributed by atoms with van der Waals surface area (Å²) in [7, 11) is -15.7. The molecule has 23 nitrogen and oxygen atoms in total. The van der Waals surface area contributed by atoms with E-state index in [4.69, 9.17) is 32.8 Å². The first-order valence-corrected chi connectivity index (χ1v) is 17.4. The maximum atomic E-state index is 11.5. The van der Waals surface area contributed by atoms with Crippen LogP contribution >= 0.6 is 0 Å².